The van der Waals surface area contributed by atoms with Crippen molar-refractivity contribution in [3.8, 4) is 0 Å². The molecule has 0 bridgehead atoms. The Hall–Kier alpha value is -0.633. The standard InChI is InChI=1S/C3H7NO2.C3H10O3Si/c1-2-6-3(4)5;1-4-7(5-2)6-3/h2H2,1H3,(H2,4,5);7H,1-3H3. The molecule has 0 heterocycles. The highest BCUT2D eigenvalue weighted by atomic mass is 28.3. The zero-order chi connectivity index (χ0) is 10.7. The van der Waals surface area contributed by atoms with E-state index in [1.807, 2.05) is 0 Å². The first kappa shape index (κ1) is 14.9. The second-order valence-electron chi connectivity index (χ2n) is 1.75. The van der Waals surface area contributed by atoms with E-state index in [0.29, 0.717) is 6.61 Å². The highest BCUT2D eigenvalue weighted by molar-refractivity contribution is 6.36. The van der Waals surface area contributed by atoms with Crippen molar-refractivity contribution in [2.45, 2.75) is 6.92 Å². The summed E-state index contributed by atoms with van der Waals surface area (Å²) in [6.07, 6.45) is -0.711. The van der Waals surface area contributed by atoms with Crippen LogP contribution in [0.4, 0.5) is 4.79 Å². The molecule has 0 unspecified atom stereocenters. The summed E-state index contributed by atoms with van der Waals surface area (Å²) < 4.78 is 18.4. The maximum atomic E-state index is 9.60. The summed E-state index contributed by atoms with van der Waals surface area (Å²) in [5, 5.41) is 0. The molecule has 13 heavy (non-hydrogen) atoms. The minimum atomic E-state index is -1.67. The normalized spacial score (nSPS) is 9.00. The molecule has 0 rings (SSSR count). The molecule has 0 aromatic heterocycles. The fourth-order valence-electron chi connectivity index (χ4n) is 0.431. The maximum Gasteiger partial charge on any atom is 0.483 e. The van der Waals surface area contributed by atoms with Crippen molar-refractivity contribution in [2.24, 2.45) is 5.73 Å². The molecule has 1 amide bonds. The van der Waals surface area contributed by atoms with Crippen LogP contribution in [0.2, 0.25) is 0 Å². The number of nitrogens with two attached hydrogens (primary N) is 1. The van der Waals surface area contributed by atoms with E-state index in [1.165, 1.54) is 0 Å². The third-order valence-corrected chi connectivity index (χ3v) is 2.02. The molecule has 0 aromatic rings. The van der Waals surface area contributed by atoms with Crippen molar-refractivity contribution >= 4 is 15.6 Å². The maximum absolute atomic E-state index is 9.60. The number of carbonyl (C=O) groups excluding carboxylic acids is 1. The molecule has 0 saturated heterocycles. The number of primary amides is 1. The van der Waals surface area contributed by atoms with E-state index in [1.54, 1.807) is 28.3 Å². The van der Waals surface area contributed by atoms with Gasteiger partial charge >= 0.3 is 15.6 Å². The Bertz CT molecular complexity index is 114. The van der Waals surface area contributed by atoms with Crippen molar-refractivity contribution < 1.29 is 22.8 Å². The molecule has 0 saturated carbocycles. The average molecular weight is 211 g/mol. The van der Waals surface area contributed by atoms with Gasteiger partial charge < -0.3 is 23.7 Å². The minimum absolute atomic E-state index is 0.356. The molecule has 2 N–H and O–H groups in total. The van der Waals surface area contributed by atoms with E-state index in [4.69, 9.17) is 13.3 Å². The predicted octanol–water partition coefficient (Wildman–Crippen LogP) is -0.256. The summed E-state index contributed by atoms with van der Waals surface area (Å²) in [5.74, 6) is 0. The van der Waals surface area contributed by atoms with Crippen LogP contribution in [0.3, 0.4) is 0 Å². The highest BCUT2D eigenvalue weighted by Gasteiger charge is 2.04. The zero-order valence-electron chi connectivity index (χ0n) is 8.40. The lowest BCUT2D eigenvalue weighted by atomic mass is 10.9. The predicted molar refractivity (Wildman–Crippen MR) is 49.4 cm³/mol. The van der Waals surface area contributed by atoms with Gasteiger partial charge in [0.15, 0.2) is 0 Å². The number of hydrogen-bond donors (Lipinski definition) is 1. The third-order valence-electron chi connectivity index (χ3n) is 0.864. The molecule has 0 aliphatic carbocycles. The quantitative estimate of drug-likeness (QED) is 0.648. The topological polar surface area (TPSA) is 80.0 Å². The summed E-state index contributed by atoms with van der Waals surface area (Å²) in [6.45, 7) is 2.06. The highest BCUT2D eigenvalue weighted by Crippen LogP contribution is 1.81. The van der Waals surface area contributed by atoms with Crippen LogP contribution in [0.25, 0.3) is 0 Å². The van der Waals surface area contributed by atoms with Crippen molar-refractivity contribution in [1.82, 2.24) is 0 Å². The molecule has 0 aliphatic rings. The van der Waals surface area contributed by atoms with E-state index in [-0.39, 0.29) is 0 Å². The summed E-state index contributed by atoms with van der Waals surface area (Å²) in [4.78, 5) is 9.60. The molecule has 0 aromatic carbocycles. The van der Waals surface area contributed by atoms with Gasteiger partial charge in [-0.05, 0) is 6.92 Å². The Balaban J connectivity index is 0. The van der Waals surface area contributed by atoms with Crippen LogP contribution >= 0.6 is 0 Å². The van der Waals surface area contributed by atoms with Crippen LogP contribution in [0.1, 0.15) is 6.92 Å². The second kappa shape index (κ2) is 11.4. The van der Waals surface area contributed by atoms with Crippen molar-refractivity contribution in [2.75, 3.05) is 27.9 Å². The van der Waals surface area contributed by atoms with Crippen LogP contribution in [0.5, 0.6) is 0 Å². The summed E-state index contributed by atoms with van der Waals surface area (Å²) in [5.41, 5.74) is 4.54. The molecular weight excluding hydrogens is 194 g/mol. The van der Waals surface area contributed by atoms with Crippen LogP contribution in [0, 0.1) is 0 Å². The largest absolute Gasteiger partial charge is 0.483 e. The molecule has 0 atom stereocenters. The molecule has 0 fully saturated rings. The SMILES string of the molecule is CCOC(N)=O.CO[SiH](OC)OC. The van der Waals surface area contributed by atoms with Gasteiger partial charge in [-0.2, -0.15) is 0 Å². The van der Waals surface area contributed by atoms with Gasteiger partial charge in [0.1, 0.15) is 0 Å². The zero-order valence-corrected chi connectivity index (χ0v) is 9.56. The molecule has 0 radical (unpaired) electrons. The van der Waals surface area contributed by atoms with Gasteiger partial charge in [-0.15, -0.1) is 0 Å². The number of hydrogen-bond acceptors (Lipinski definition) is 5. The van der Waals surface area contributed by atoms with Crippen molar-refractivity contribution in [3.63, 3.8) is 0 Å². The minimum Gasteiger partial charge on any atom is -0.450 e. The number of ether oxygens (including phenoxy) is 1. The molecule has 80 valence electrons. The van der Waals surface area contributed by atoms with Gasteiger partial charge in [-0.25, -0.2) is 4.79 Å². The summed E-state index contributed by atoms with van der Waals surface area (Å²) in [7, 11) is 3.05. The first-order valence-electron chi connectivity index (χ1n) is 3.62. The lowest BCUT2D eigenvalue weighted by Gasteiger charge is -2.05. The molecule has 0 spiro atoms. The first-order chi connectivity index (χ1) is 6.12. The van der Waals surface area contributed by atoms with E-state index in [2.05, 4.69) is 10.5 Å². The first-order valence-corrected chi connectivity index (χ1v) is 5.04. The van der Waals surface area contributed by atoms with Gasteiger partial charge in [-0.1, -0.05) is 0 Å². The Morgan fingerprint density at radius 1 is 1.23 bits per heavy atom. The summed E-state index contributed by atoms with van der Waals surface area (Å²) in [6, 6.07) is 0. The van der Waals surface area contributed by atoms with Crippen LogP contribution < -0.4 is 5.73 Å². The van der Waals surface area contributed by atoms with Crippen molar-refractivity contribution in [1.29, 1.82) is 0 Å². The number of amides is 1. The Kier molecular flexibility index (Phi) is 13.0. The van der Waals surface area contributed by atoms with Gasteiger partial charge in [-0.3, -0.25) is 0 Å². The van der Waals surface area contributed by atoms with E-state index in [0.717, 1.165) is 0 Å². The Labute approximate surface area is 79.9 Å². The van der Waals surface area contributed by atoms with Crippen LogP contribution in [-0.2, 0) is 18.0 Å². The smallest absolute Gasteiger partial charge is 0.450 e. The van der Waals surface area contributed by atoms with E-state index in [9.17, 15) is 4.79 Å². The Morgan fingerprint density at radius 2 is 1.62 bits per heavy atom. The average Bonchev–Trinajstić information content (AvgIpc) is 2.08. The molecule has 0 aliphatic heterocycles. The number of rotatable bonds is 4. The lowest BCUT2D eigenvalue weighted by molar-refractivity contribution is 0.162. The van der Waals surface area contributed by atoms with E-state index >= 15 is 0 Å². The van der Waals surface area contributed by atoms with Crippen LogP contribution in [-0.4, -0.2) is 43.6 Å². The van der Waals surface area contributed by atoms with Crippen LogP contribution in [0.15, 0.2) is 0 Å². The summed E-state index contributed by atoms with van der Waals surface area (Å²) >= 11 is 0. The van der Waals surface area contributed by atoms with Gasteiger partial charge in [0, 0.05) is 21.3 Å². The third kappa shape index (κ3) is 14.2. The molecule has 6 nitrogen and oxygen atoms in total. The monoisotopic (exact) mass is 211 g/mol. The molecule has 7 heteroatoms. The van der Waals surface area contributed by atoms with Gasteiger partial charge in [0.2, 0.25) is 0 Å². The fraction of sp³-hybridized carbons (Fsp3) is 0.833. The van der Waals surface area contributed by atoms with E-state index < -0.39 is 15.6 Å². The lowest BCUT2D eigenvalue weighted by Crippen LogP contribution is -2.21. The fourth-order valence-corrected chi connectivity index (χ4v) is 1.01. The van der Waals surface area contributed by atoms with Gasteiger partial charge in [0.25, 0.3) is 0 Å². The molecular formula is C6H17NO5Si. The second-order valence-corrected chi connectivity index (χ2v) is 3.74. The van der Waals surface area contributed by atoms with Crippen molar-refractivity contribution in [3.05, 3.63) is 0 Å². The Morgan fingerprint density at radius 3 is 1.62 bits per heavy atom. The van der Waals surface area contributed by atoms with Gasteiger partial charge in [0.05, 0.1) is 6.61 Å². The number of carbonyl (C=O) groups is 1.